The highest BCUT2D eigenvalue weighted by Crippen LogP contribution is 2.22. The number of hydrogen-bond donors (Lipinski definition) is 1. The Hall–Kier alpha value is -2.69. The Balaban J connectivity index is 1.25. The summed E-state index contributed by atoms with van der Waals surface area (Å²) >= 11 is 3.45. The lowest BCUT2D eigenvalue weighted by Crippen LogP contribution is -2.25. The maximum Gasteiger partial charge on any atom is 0.251 e. The van der Waals surface area contributed by atoms with Gasteiger partial charge in [-0.3, -0.25) is 9.69 Å². The van der Waals surface area contributed by atoms with Crippen LogP contribution in [0, 0.1) is 0 Å². The van der Waals surface area contributed by atoms with Gasteiger partial charge in [-0.15, -0.1) is 0 Å². The summed E-state index contributed by atoms with van der Waals surface area (Å²) in [5.74, 6) is -0.0319. The fraction of sp³-hybridized carbons (Fsp3) is 0.192. The highest BCUT2D eigenvalue weighted by atomic mass is 79.9. The van der Waals surface area contributed by atoms with E-state index in [2.05, 4.69) is 74.7 Å². The molecule has 0 spiro atoms. The molecule has 0 aliphatic carbocycles. The van der Waals surface area contributed by atoms with Crippen LogP contribution in [-0.4, -0.2) is 30.4 Å². The molecule has 4 heteroatoms. The topological polar surface area (TPSA) is 32.3 Å². The zero-order chi connectivity index (χ0) is 20.8. The molecule has 1 aliphatic rings. The molecular formula is C26H25BrN2O. The van der Waals surface area contributed by atoms with Crippen molar-refractivity contribution in [3.05, 3.63) is 106 Å². The van der Waals surface area contributed by atoms with Crippen LogP contribution in [0.15, 0.2) is 89.4 Å². The van der Waals surface area contributed by atoms with Crippen LogP contribution < -0.4 is 5.32 Å². The molecule has 30 heavy (non-hydrogen) atoms. The molecule has 0 radical (unpaired) electrons. The summed E-state index contributed by atoms with van der Waals surface area (Å²) in [4.78, 5) is 14.8. The fourth-order valence-corrected chi connectivity index (χ4v) is 3.86. The second-order valence-corrected chi connectivity index (χ2v) is 8.49. The van der Waals surface area contributed by atoms with Crippen molar-refractivity contribution in [3.63, 3.8) is 0 Å². The molecule has 0 saturated heterocycles. The van der Waals surface area contributed by atoms with Gasteiger partial charge in [-0.2, -0.15) is 0 Å². The van der Waals surface area contributed by atoms with Gasteiger partial charge in [-0.05, 0) is 52.9 Å². The van der Waals surface area contributed by atoms with E-state index in [1.165, 1.54) is 11.1 Å². The number of amides is 1. The zero-order valence-corrected chi connectivity index (χ0v) is 18.4. The SMILES string of the molecule is O=C(NCCc1ccc(CN2CC=CC2)cc1)c1ccc(-c2ccc(Br)cc2)cc1. The van der Waals surface area contributed by atoms with Crippen LogP contribution in [0.4, 0.5) is 0 Å². The Morgan fingerprint density at radius 2 is 1.37 bits per heavy atom. The van der Waals surface area contributed by atoms with Gasteiger partial charge in [-0.1, -0.05) is 76.6 Å². The molecule has 3 nitrogen and oxygen atoms in total. The van der Waals surface area contributed by atoms with Crippen LogP contribution in [0.25, 0.3) is 11.1 Å². The van der Waals surface area contributed by atoms with Crippen LogP contribution >= 0.6 is 15.9 Å². The quantitative estimate of drug-likeness (QED) is 0.474. The summed E-state index contributed by atoms with van der Waals surface area (Å²) < 4.78 is 1.06. The monoisotopic (exact) mass is 460 g/mol. The first-order chi connectivity index (χ1) is 14.7. The third kappa shape index (κ3) is 5.47. The summed E-state index contributed by atoms with van der Waals surface area (Å²) in [5.41, 5.74) is 5.49. The Morgan fingerprint density at radius 1 is 0.800 bits per heavy atom. The number of benzene rings is 3. The Bertz CT molecular complexity index is 1000. The Kier molecular flexibility index (Phi) is 6.77. The van der Waals surface area contributed by atoms with E-state index < -0.39 is 0 Å². The molecule has 1 amide bonds. The summed E-state index contributed by atoms with van der Waals surface area (Å²) in [6.45, 7) is 3.69. The molecule has 3 aromatic rings. The minimum Gasteiger partial charge on any atom is -0.352 e. The van der Waals surface area contributed by atoms with Gasteiger partial charge in [0.05, 0.1) is 0 Å². The van der Waals surface area contributed by atoms with Crippen LogP contribution in [0.5, 0.6) is 0 Å². The summed E-state index contributed by atoms with van der Waals surface area (Å²) in [5, 5.41) is 3.03. The number of carbonyl (C=O) groups excluding carboxylic acids is 1. The fourth-order valence-electron chi connectivity index (χ4n) is 3.60. The lowest BCUT2D eigenvalue weighted by atomic mass is 10.0. The lowest BCUT2D eigenvalue weighted by molar-refractivity contribution is 0.0954. The van der Waals surface area contributed by atoms with Crippen molar-refractivity contribution in [2.24, 2.45) is 0 Å². The molecule has 0 atom stereocenters. The predicted octanol–water partition coefficient (Wildman–Crippen LogP) is 5.46. The second-order valence-electron chi connectivity index (χ2n) is 7.57. The van der Waals surface area contributed by atoms with Crippen LogP contribution in [-0.2, 0) is 13.0 Å². The smallest absolute Gasteiger partial charge is 0.251 e. The molecule has 152 valence electrons. The normalized spacial score (nSPS) is 13.5. The first-order valence-corrected chi connectivity index (χ1v) is 11.1. The summed E-state index contributed by atoms with van der Waals surface area (Å²) in [6, 6.07) is 24.6. The number of carbonyl (C=O) groups is 1. The molecule has 4 rings (SSSR count). The van der Waals surface area contributed by atoms with E-state index in [1.807, 2.05) is 36.4 Å². The standard InChI is InChI=1S/C26H25BrN2O/c27-25-13-11-23(12-14-25)22-7-9-24(10-8-22)26(30)28-16-15-20-3-5-21(6-4-20)19-29-17-1-2-18-29/h1-14H,15-19H2,(H,28,30). The molecule has 0 unspecified atom stereocenters. The van der Waals surface area contributed by atoms with Gasteiger partial charge >= 0.3 is 0 Å². The number of nitrogens with zero attached hydrogens (tertiary/aromatic N) is 1. The van der Waals surface area contributed by atoms with Crippen molar-refractivity contribution in [2.75, 3.05) is 19.6 Å². The van der Waals surface area contributed by atoms with Crippen LogP contribution in [0.1, 0.15) is 21.5 Å². The average Bonchev–Trinajstić information content (AvgIpc) is 3.29. The molecule has 1 N–H and O–H groups in total. The summed E-state index contributed by atoms with van der Waals surface area (Å²) in [7, 11) is 0. The second kappa shape index (κ2) is 9.88. The number of rotatable bonds is 7. The van der Waals surface area contributed by atoms with E-state index in [9.17, 15) is 4.79 Å². The maximum absolute atomic E-state index is 12.4. The number of halogens is 1. The van der Waals surface area contributed by atoms with Gasteiger partial charge in [-0.25, -0.2) is 0 Å². The van der Waals surface area contributed by atoms with Gasteiger partial charge < -0.3 is 5.32 Å². The lowest BCUT2D eigenvalue weighted by Gasteiger charge is -2.14. The van der Waals surface area contributed by atoms with Gasteiger partial charge in [0.1, 0.15) is 0 Å². The molecule has 3 aromatic carbocycles. The third-order valence-electron chi connectivity index (χ3n) is 5.35. The van der Waals surface area contributed by atoms with Gasteiger partial charge in [0, 0.05) is 36.2 Å². The Morgan fingerprint density at radius 3 is 2.00 bits per heavy atom. The highest BCUT2D eigenvalue weighted by molar-refractivity contribution is 9.10. The first kappa shape index (κ1) is 20.6. The van der Waals surface area contributed by atoms with Crippen molar-refractivity contribution in [3.8, 4) is 11.1 Å². The third-order valence-corrected chi connectivity index (χ3v) is 5.88. The predicted molar refractivity (Wildman–Crippen MR) is 126 cm³/mol. The molecule has 0 fully saturated rings. The maximum atomic E-state index is 12.4. The minimum atomic E-state index is -0.0319. The molecule has 0 saturated carbocycles. The van der Waals surface area contributed by atoms with Gasteiger partial charge in [0.25, 0.3) is 5.91 Å². The van der Waals surface area contributed by atoms with Crippen LogP contribution in [0.2, 0.25) is 0 Å². The van der Waals surface area contributed by atoms with Gasteiger partial charge in [0.2, 0.25) is 0 Å². The Labute approximate surface area is 186 Å². The number of hydrogen-bond acceptors (Lipinski definition) is 2. The van der Waals surface area contributed by atoms with E-state index in [-0.39, 0.29) is 5.91 Å². The van der Waals surface area contributed by atoms with E-state index in [0.717, 1.165) is 41.7 Å². The molecule has 1 aliphatic heterocycles. The average molecular weight is 461 g/mol. The first-order valence-electron chi connectivity index (χ1n) is 10.3. The molecule has 1 heterocycles. The van der Waals surface area contributed by atoms with E-state index in [4.69, 9.17) is 0 Å². The van der Waals surface area contributed by atoms with Crippen LogP contribution in [0.3, 0.4) is 0 Å². The van der Waals surface area contributed by atoms with Crippen molar-refractivity contribution in [2.45, 2.75) is 13.0 Å². The molecule has 0 aromatic heterocycles. The van der Waals surface area contributed by atoms with Crippen molar-refractivity contribution < 1.29 is 4.79 Å². The molecule has 0 bridgehead atoms. The zero-order valence-electron chi connectivity index (χ0n) is 16.9. The molecular weight excluding hydrogens is 436 g/mol. The van der Waals surface area contributed by atoms with E-state index >= 15 is 0 Å². The number of nitrogens with one attached hydrogen (secondary N) is 1. The van der Waals surface area contributed by atoms with E-state index in [1.54, 1.807) is 0 Å². The highest BCUT2D eigenvalue weighted by Gasteiger charge is 2.08. The largest absolute Gasteiger partial charge is 0.352 e. The van der Waals surface area contributed by atoms with Crippen molar-refractivity contribution >= 4 is 21.8 Å². The minimum absolute atomic E-state index is 0.0319. The summed E-state index contributed by atoms with van der Waals surface area (Å²) in [6.07, 6.45) is 5.26. The van der Waals surface area contributed by atoms with E-state index in [0.29, 0.717) is 12.1 Å². The van der Waals surface area contributed by atoms with Gasteiger partial charge in [0.15, 0.2) is 0 Å². The van der Waals surface area contributed by atoms with Crippen molar-refractivity contribution in [1.29, 1.82) is 0 Å². The van der Waals surface area contributed by atoms with Crippen molar-refractivity contribution in [1.82, 2.24) is 10.2 Å².